The summed E-state index contributed by atoms with van der Waals surface area (Å²) in [6.45, 7) is 4.94. The fourth-order valence-corrected chi connectivity index (χ4v) is 3.53. The summed E-state index contributed by atoms with van der Waals surface area (Å²) in [6, 6.07) is 10.6. The Morgan fingerprint density at radius 2 is 1.78 bits per heavy atom. The first-order chi connectivity index (χ1) is 15.5. The van der Waals surface area contributed by atoms with Gasteiger partial charge in [0.15, 0.2) is 0 Å². The van der Waals surface area contributed by atoms with Crippen LogP contribution in [0.4, 0.5) is 0 Å². The van der Waals surface area contributed by atoms with E-state index in [9.17, 15) is 14.7 Å². The normalized spacial score (nSPS) is 10.9. The minimum Gasteiger partial charge on any atom is -0.478 e. The topological polar surface area (TPSA) is 98.0 Å². The van der Waals surface area contributed by atoms with Crippen molar-refractivity contribution in [1.82, 2.24) is 19.7 Å². The van der Waals surface area contributed by atoms with E-state index in [0.717, 1.165) is 50.0 Å². The zero-order valence-electron chi connectivity index (χ0n) is 18.8. The molecule has 0 fully saturated rings. The first-order valence-electron chi connectivity index (χ1n) is 11.3. The molecular formula is C25H30N4O3. The molecule has 168 valence electrons. The standard InChI is InChI=1S/C25H30N4O3/c1-3-5-9-15-29-23(27-24(28-29)22(30)12-6-4-2)16-18-13-14-21(26-17-18)19-10-7-8-11-20(19)25(31)32/h7-8,10-11,13-14,17H,3-6,9,12,15-16H2,1-2H3,(H,31,32). The minimum atomic E-state index is -0.980. The largest absolute Gasteiger partial charge is 0.478 e. The van der Waals surface area contributed by atoms with Gasteiger partial charge in [-0.25, -0.2) is 14.5 Å². The van der Waals surface area contributed by atoms with Crippen LogP contribution in [-0.2, 0) is 13.0 Å². The van der Waals surface area contributed by atoms with Crippen molar-refractivity contribution >= 4 is 11.8 Å². The highest BCUT2D eigenvalue weighted by Gasteiger charge is 2.17. The molecular weight excluding hydrogens is 404 g/mol. The molecule has 0 aliphatic rings. The third kappa shape index (κ3) is 5.87. The van der Waals surface area contributed by atoms with Crippen LogP contribution < -0.4 is 0 Å². The minimum absolute atomic E-state index is 0.0129. The lowest BCUT2D eigenvalue weighted by atomic mass is 10.0. The molecule has 0 spiro atoms. The van der Waals surface area contributed by atoms with Crippen molar-refractivity contribution in [2.24, 2.45) is 0 Å². The Kier molecular flexibility index (Phi) is 8.25. The summed E-state index contributed by atoms with van der Waals surface area (Å²) >= 11 is 0. The molecule has 0 unspecified atom stereocenters. The number of hydrogen-bond donors (Lipinski definition) is 1. The van der Waals surface area contributed by atoms with Gasteiger partial charge in [0.25, 0.3) is 0 Å². The van der Waals surface area contributed by atoms with Crippen LogP contribution in [0.15, 0.2) is 42.6 Å². The number of carboxylic acids is 1. The molecule has 32 heavy (non-hydrogen) atoms. The summed E-state index contributed by atoms with van der Waals surface area (Å²) in [5.74, 6) is 0.0550. The van der Waals surface area contributed by atoms with Gasteiger partial charge in [0, 0.05) is 31.1 Å². The number of rotatable bonds is 12. The Morgan fingerprint density at radius 3 is 2.47 bits per heavy atom. The molecule has 7 heteroatoms. The summed E-state index contributed by atoms with van der Waals surface area (Å²) in [7, 11) is 0. The molecule has 0 radical (unpaired) electrons. The molecule has 0 bridgehead atoms. The molecule has 0 aliphatic carbocycles. The number of benzene rings is 1. The maximum atomic E-state index is 12.4. The number of ketones is 1. The maximum absolute atomic E-state index is 12.4. The number of carboxylic acid groups (broad SMARTS) is 1. The molecule has 1 aromatic carbocycles. The quantitative estimate of drug-likeness (QED) is 0.311. The highest BCUT2D eigenvalue weighted by atomic mass is 16.4. The van der Waals surface area contributed by atoms with Crippen molar-refractivity contribution in [2.45, 2.75) is 65.3 Å². The van der Waals surface area contributed by atoms with Gasteiger partial charge in [0.2, 0.25) is 11.6 Å². The van der Waals surface area contributed by atoms with Crippen LogP contribution in [-0.4, -0.2) is 36.6 Å². The van der Waals surface area contributed by atoms with Gasteiger partial charge in [0.1, 0.15) is 5.82 Å². The van der Waals surface area contributed by atoms with Gasteiger partial charge in [0.05, 0.1) is 11.3 Å². The molecule has 2 heterocycles. The number of pyridine rings is 1. The predicted octanol–water partition coefficient (Wildman–Crippen LogP) is 5.19. The van der Waals surface area contributed by atoms with Crippen molar-refractivity contribution in [1.29, 1.82) is 0 Å². The third-order valence-corrected chi connectivity index (χ3v) is 5.35. The SMILES string of the molecule is CCCCCn1nc(C(=O)CCCC)nc1Cc1ccc(-c2ccccc2C(=O)O)nc1. The number of carbonyl (C=O) groups excluding carboxylic acids is 1. The second-order valence-electron chi connectivity index (χ2n) is 7.89. The van der Waals surface area contributed by atoms with Crippen LogP contribution in [0.2, 0.25) is 0 Å². The van der Waals surface area contributed by atoms with Crippen LogP contribution in [0, 0.1) is 0 Å². The van der Waals surface area contributed by atoms with Gasteiger partial charge in [-0.05, 0) is 30.5 Å². The second-order valence-corrected chi connectivity index (χ2v) is 7.89. The Hall–Kier alpha value is -3.35. The number of aryl methyl sites for hydroxylation is 1. The van der Waals surface area contributed by atoms with Crippen molar-refractivity contribution in [3.05, 3.63) is 65.4 Å². The fourth-order valence-electron chi connectivity index (χ4n) is 3.53. The van der Waals surface area contributed by atoms with E-state index in [0.29, 0.717) is 29.9 Å². The monoisotopic (exact) mass is 434 g/mol. The summed E-state index contributed by atoms with van der Waals surface area (Å²) < 4.78 is 1.85. The molecule has 0 saturated heterocycles. The molecule has 0 aliphatic heterocycles. The second kappa shape index (κ2) is 11.3. The van der Waals surface area contributed by atoms with E-state index < -0.39 is 5.97 Å². The zero-order valence-corrected chi connectivity index (χ0v) is 18.8. The third-order valence-electron chi connectivity index (χ3n) is 5.35. The van der Waals surface area contributed by atoms with Crippen molar-refractivity contribution in [2.75, 3.05) is 0 Å². The number of hydrogen-bond acceptors (Lipinski definition) is 5. The molecule has 7 nitrogen and oxygen atoms in total. The van der Waals surface area contributed by atoms with Crippen molar-refractivity contribution in [3.63, 3.8) is 0 Å². The molecule has 3 rings (SSSR count). The van der Waals surface area contributed by atoms with Crippen molar-refractivity contribution in [3.8, 4) is 11.3 Å². The number of aromatic carboxylic acids is 1. The van der Waals surface area contributed by atoms with Crippen LogP contribution in [0.3, 0.4) is 0 Å². The summed E-state index contributed by atoms with van der Waals surface area (Å²) in [5, 5.41) is 13.9. The fraction of sp³-hybridized carbons (Fsp3) is 0.400. The summed E-state index contributed by atoms with van der Waals surface area (Å²) in [4.78, 5) is 33.0. The number of nitrogens with zero attached hydrogens (tertiary/aromatic N) is 4. The van der Waals surface area contributed by atoms with Crippen LogP contribution in [0.1, 0.15) is 84.7 Å². The van der Waals surface area contributed by atoms with Gasteiger partial charge in [-0.1, -0.05) is 57.4 Å². The lowest BCUT2D eigenvalue weighted by Crippen LogP contribution is -2.07. The van der Waals surface area contributed by atoms with E-state index >= 15 is 0 Å². The molecule has 1 N–H and O–H groups in total. The Bertz CT molecular complexity index is 1060. The van der Waals surface area contributed by atoms with Crippen LogP contribution in [0.5, 0.6) is 0 Å². The highest BCUT2D eigenvalue weighted by molar-refractivity contribution is 5.95. The average molecular weight is 435 g/mol. The van der Waals surface area contributed by atoms with E-state index in [1.54, 1.807) is 30.5 Å². The zero-order chi connectivity index (χ0) is 22.9. The first-order valence-corrected chi connectivity index (χ1v) is 11.3. The summed E-state index contributed by atoms with van der Waals surface area (Å²) in [6.07, 6.45) is 7.69. The number of unbranched alkanes of at least 4 members (excludes halogenated alkanes) is 3. The van der Waals surface area contributed by atoms with E-state index in [1.165, 1.54) is 0 Å². The van der Waals surface area contributed by atoms with Gasteiger partial charge in [-0.15, -0.1) is 5.10 Å². The van der Waals surface area contributed by atoms with E-state index in [4.69, 9.17) is 0 Å². The number of aromatic nitrogens is 4. The lowest BCUT2D eigenvalue weighted by molar-refractivity contribution is 0.0697. The smallest absolute Gasteiger partial charge is 0.336 e. The predicted molar refractivity (Wildman–Crippen MR) is 123 cm³/mol. The van der Waals surface area contributed by atoms with Crippen molar-refractivity contribution < 1.29 is 14.7 Å². The van der Waals surface area contributed by atoms with Gasteiger partial charge in [-0.2, -0.15) is 0 Å². The van der Waals surface area contributed by atoms with Crippen LogP contribution in [0.25, 0.3) is 11.3 Å². The number of Topliss-reactive ketones (excluding diaryl/α,β-unsaturated/α-hetero) is 1. The van der Waals surface area contributed by atoms with Gasteiger partial charge in [-0.3, -0.25) is 9.78 Å². The number of carbonyl (C=O) groups is 2. The van der Waals surface area contributed by atoms with E-state index in [1.807, 2.05) is 16.8 Å². The Labute approximate surface area is 188 Å². The van der Waals surface area contributed by atoms with Gasteiger partial charge >= 0.3 is 5.97 Å². The molecule has 2 aromatic heterocycles. The maximum Gasteiger partial charge on any atom is 0.336 e. The summed E-state index contributed by atoms with van der Waals surface area (Å²) in [5.41, 5.74) is 2.33. The first kappa shape index (κ1) is 23.3. The Morgan fingerprint density at radius 1 is 1.00 bits per heavy atom. The van der Waals surface area contributed by atoms with E-state index in [-0.39, 0.29) is 11.3 Å². The molecule has 0 atom stereocenters. The van der Waals surface area contributed by atoms with E-state index in [2.05, 4.69) is 28.9 Å². The molecule has 0 saturated carbocycles. The lowest BCUT2D eigenvalue weighted by Gasteiger charge is -2.08. The van der Waals surface area contributed by atoms with Crippen LogP contribution >= 0.6 is 0 Å². The van der Waals surface area contributed by atoms with Gasteiger partial charge < -0.3 is 5.11 Å². The molecule has 0 amide bonds. The molecule has 3 aromatic rings. The highest BCUT2D eigenvalue weighted by Crippen LogP contribution is 2.22. The Balaban J connectivity index is 1.82. The average Bonchev–Trinajstić information content (AvgIpc) is 3.20.